The molecule has 0 aliphatic heterocycles. The molecule has 98 valence electrons. The Balaban J connectivity index is 2.19. The summed E-state index contributed by atoms with van der Waals surface area (Å²) in [7, 11) is 0. The third-order valence-corrected chi connectivity index (χ3v) is 3.09. The first-order chi connectivity index (χ1) is 9.20. The molecule has 0 radical (unpaired) electrons. The first-order valence-electron chi connectivity index (χ1n) is 6.40. The number of hydrogen-bond donors (Lipinski definition) is 2. The van der Waals surface area contributed by atoms with E-state index >= 15 is 0 Å². The van der Waals surface area contributed by atoms with Crippen LogP contribution in [0.3, 0.4) is 0 Å². The predicted molar refractivity (Wildman–Crippen MR) is 77.8 cm³/mol. The van der Waals surface area contributed by atoms with Crippen LogP contribution in [0.25, 0.3) is 0 Å². The molecule has 0 spiro atoms. The molecule has 3 nitrogen and oxygen atoms in total. The summed E-state index contributed by atoms with van der Waals surface area (Å²) in [4.78, 5) is 11.6. The van der Waals surface area contributed by atoms with Gasteiger partial charge in [-0.1, -0.05) is 49.4 Å². The third-order valence-electron chi connectivity index (χ3n) is 3.09. The van der Waals surface area contributed by atoms with Crippen molar-refractivity contribution in [3.05, 3.63) is 65.7 Å². The first-order valence-corrected chi connectivity index (χ1v) is 6.40. The molecule has 19 heavy (non-hydrogen) atoms. The van der Waals surface area contributed by atoms with Gasteiger partial charge in [-0.05, 0) is 29.7 Å². The fourth-order valence-corrected chi connectivity index (χ4v) is 1.97. The Morgan fingerprint density at radius 1 is 1.11 bits per heavy atom. The Bertz CT molecular complexity index is 534. The second-order valence-electron chi connectivity index (χ2n) is 4.44. The number of nitrogens with two attached hydrogens (primary N) is 1. The largest absolute Gasteiger partial charge is 0.370 e. The standard InChI is InChI=1S/C16H18N2O/c1-2-12-8-10-14(11-9-12)18-15(16(17)19)13-6-4-3-5-7-13/h3-11,15,18H,2H2,1H3,(H2,17,19)/t15-/m1/s1. The average Bonchev–Trinajstić information content (AvgIpc) is 2.46. The van der Waals surface area contributed by atoms with Gasteiger partial charge in [-0.2, -0.15) is 0 Å². The van der Waals surface area contributed by atoms with Crippen molar-refractivity contribution < 1.29 is 4.79 Å². The first kappa shape index (κ1) is 13.1. The van der Waals surface area contributed by atoms with Gasteiger partial charge in [-0.25, -0.2) is 0 Å². The maximum atomic E-state index is 11.6. The molecule has 0 aromatic heterocycles. The molecule has 0 bridgehead atoms. The molecule has 3 heteroatoms. The minimum absolute atomic E-state index is 0.384. The molecule has 0 aliphatic carbocycles. The quantitative estimate of drug-likeness (QED) is 0.862. The van der Waals surface area contributed by atoms with Gasteiger partial charge in [-0.15, -0.1) is 0 Å². The summed E-state index contributed by atoms with van der Waals surface area (Å²) in [6, 6.07) is 17.0. The highest BCUT2D eigenvalue weighted by molar-refractivity contribution is 5.84. The molecule has 2 aromatic rings. The molecule has 0 saturated carbocycles. The van der Waals surface area contributed by atoms with E-state index in [2.05, 4.69) is 12.2 Å². The Morgan fingerprint density at radius 2 is 1.74 bits per heavy atom. The highest BCUT2D eigenvalue weighted by atomic mass is 16.1. The minimum atomic E-state index is -0.506. The molecule has 0 fully saturated rings. The van der Waals surface area contributed by atoms with Crippen LogP contribution in [0.2, 0.25) is 0 Å². The summed E-state index contributed by atoms with van der Waals surface area (Å²) >= 11 is 0. The lowest BCUT2D eigenvalue weighted by atomic mass is 10.1. The molecular weight excluding hydrogens is 236 g/mol. The van der Waals surface area contributed by atoms with E-state index in [1.807, 2.05) is 54.6 Å². The number of nitrogens with one attached hydrogen (secondary N) is 1. The van der Waals surface area contributed by atoms with E-state index in [1.165, 1.54) is 5.56 Å². The van der Waals surface area contributed by atoms with Crippen LogP contribution < -0.4 is 11.1 Å². The number of carbonyl (C=O) groups excluding carboxylic acids is 1. The molecule has 0 saturated heterocycles. The van der Waals surface area contributed by atoms with Gasteiger partial charge in [0, 0.05) is 5.69 Å². The van der Waals surface area contributed by atoms with Crippen LogP contribution in [0.15, 0.2) is 54.6 Å². The van der Waals surface area contributed by atoms with Crippen LogP contribution in [0.1, 0.15) is 24.1 Å². The Kier molecular flexibility index (Phi) is 4.18. The van der Waals surface area contributed by atoms with Gasteiger partial charge < -0.3 is 11.1 Å². The molecule has 2 aromatic carbocycles. The number of benzene rings is 2. The van der Waals surface area contributed by atoms with Crippen molar-refractivity contribution >= 4 is 11.6 Å². The number of anilines is 1. The zero-order chi connectivity index (χ0) is 13.7. The molecule has 0 unspecified atom stereocenters. The number of amides is 1. The van der Waals surface area contributed by atoms with Crippen LogP contribution in [-0.4, -0.2) is 5.91 Å². The lowest BCUT2D eigenvalue weighted by Crippen LogP contribution is -2.27. The normalized spacial score (nSPS) is 11.8. The van der Waals surface area contributed by atoms with Gasteiger partial charge in [0.2, 0.25) is 5.91 Å². The van der Waals surface area contributed by atoms with Gasteiger partial charge in [0.25, 0.3) is 0 Å². The minimum Gasteiger partial charge on any atom is -0.370 e. The maximum absolute atomic E-state index is 11.6. The zero-order valence-electron chi connectivity index (χ0n) is 11.0. The summed E-state index contributed by atoms with van der Waals surface area (Å²) in [6.45, 7) is 2.11. The van der Waals surface area contributed by atoms with Gasteiger partial charge >= 0.3 is 0 Å². The van der Waals surface area contributed by atoms with Gasteiger partial charge in [0.05, 0.1) is 0 Å². The molecular formula is C16H18N2O. The Hall–Kier alpha value is -2.29. The molecule has 1 atom stereocenters. The summed E-state index contributed by atoms with van der Waals surface area (Å²) < 4.78 is 0. The second-order valence-corrected chi connectivity index (χ2v) is 4.44. The van der Waals surface area contributed by atoms with Crippen molar-refractivity contribution in [2.24, 2.45) is 5.73 Å². The number of rotatable bonds is 5. The van der Waals surface area contributed by atoms with Crippen molar-refractivity contribution in [1.82, 2.24) is 0 Å². The van der Waals surface area contributed by atoms with Crippen LogP contribution in [0.5, 0.6) is 0 Å². The van der Waals surface area contributed by atoms with E-state index in [-0.39, 0.29) is 5.91 Å². The number of aryl methyl sites for hydroxylation is 1. The second kappa shape index (κ2) is 6.05. The highest BCUT2D eigenvalue weighted by Gasteiger charge is 2.16. The van der Waals surface area contributed by atoms with E-state index in [1.54, 1.807) is 0 Å². The van der Waals surface area contributed by atoms with Crippen LogP contribution in [0.4, 0.5) is 5.69 Å². The Labute approximate surface area is 113 Å². The molecule has 1 amide bonds. The van der Waals surface area contributed by atoms with Crippen LogP contribution >= 0.6 is 0 Å². The monoisotopic (exact) mass is 254 g/mol. The fraction of sp³-hybridized carbons (Fsp3) is 0.188. The topological polar surface area (TPSA) is 55.1 Å². The molecule has 3 N–H and O–H groups in total. The van der Waals surface area contributed by atoms with Crippen LogP contribution in [0, 0.1) is 0 Å². The molecule has 0 heterocycles. The lowest BCUT2D eigenvalue weighted by Gasteiger charge is -2.17. The average molecular weight is 254 g/mol. The Morgan fingerprint density at radius 3 is 2.26 bits per heavy atom. The third kappa shape index (κ3) is 3.35. The van der Waals surface area contributed by atoms with Crippen molar-refractivity contribution in [3.8, 4) is 0 Å². The van der Waals surface area contributed by atoms with Gasteiger partial charge in [0.1, 0.15) is 6.04 Å². The highest BCUT2D eigenvalue weighted by Crippen LogP contribution is 2.19. The van der Waals surface area contributed by atoms with E-state index in [9.17, 15) is 4.79 Å². The summed E-state index contributed by atoms with van der Waals surface area (Å²) in [6.07, 6.45) is 0.998. The fourth-order valence-electron chi connectivity index (χ4n) is 1.97. The SMILES string of the molecule is CCc1ccc(N[C@@H](C(N)=O)c2ccccc2)cc1. The molecule has 2 rings (SSSR count). The summed E-state index contributed by atoms with van der Waals surface area (Å²) in [5.41, 5.74) is 8.50. The molecule has 0 aliphatic rings. The smallest absolute Gasteiger partial charge is 0.244 e. The van der Waals surface area contributed by atoms with Crippen LogP contribution in [-0.2, 0) is 11.2 Å². The van der Waals surface area contributed by atoms with E-state index in [0.717, 1.165) is 17.7 Å². The van der Waals surface area contributed by atoms with Crippen molar-refractivity contribution in [2.45, 2.75) is 19.4 Å². The number of hydrogen-bond acceptors (Lipinski definition) is 2. The van der Waals surface area contributed by atoms with Crippen molar-refractivity contribution in [1.29, 1.82) is 0 Å². The maximum Gasteiger partial charge on any atom is 0.244 e. The van der Waals surface area contributed by atoms with Crippen molar-refractivity contribution in [2.75, 3.05) is 5.32 Å². The predicted octanol–water partition coefficient (Wildman–Crippen LogP) is 2.89. The van der Waals surface area contributed by atoms with Gasteiger partial charge in [0.15, 0.2) is 0 Å². The van der Waals surface area contributed by atoms with E-state index in [0.29, 0.717) is 0 Å². The number of primary amides is 1. The van der Waals surface area contributed by atoms with E-state index < -0.39 is 6.04 Å². The van der Waals surface area contributed by atoms with Gasteiger partial charge in [-0.3, -0.25) is 4.79 Å². The summed E-state index contributed by atoms with van der Waals surface area (Å²) in [5, 5.41) is 3.17. The zero-order valence-corrected chi connectivity index (χ0v) is 11.0. The van der Waals surface area contributed by atoms with Crippen molar-refractivity contribution in [3.63, 3.8) is 0 Å². The number of carbonyl (C=O) groups is 1. The summed E-state index contributed by atoms with van der Waals surface area (Å²) in [5.74, 6) is -0.384. The van der Waals surface area contributed by atoms with E-state index in [4.69, 9.17) is 5.73 Å². The lowest BCUT2D eigenvalue weighted by molar-refractivity contribution is -0.118.